The van der Waals surface area contributed by atoms with E-state index >= 15 is 0 Å². The van der Waals surface area contributed by atoms with Gasteiger partial charge in [-0.15, -0.1) is 13.2 Å². The summed E-state index contributed by atoms with van der Waals surface area (Å²) in [5.74, 6) is -0.305. The second-order valence-electron chi connectivity index (χ2n) is 6.31. The Labute approximate surface area is 160 Å². The van der Waals surface area contributed by atoms with Gasteiger partial charge in [-0.2, -0.15) is 17.8 Å². The molecule has 0 aromatic heterocycles. The number of alkyl halides is 3. The van der Waals surface area contributed by atoms with Crippen LogP contribution in [-0.4, -0.2) is 39.0 Å². The Kier molecular flexibility index (Phi) is 5.94. The maximum atomic E-state index is 12.2. The summed E-state index contributed by atoms with van der Waals surface area (Å²) in [7, 11) is -3.88. The standard InChI is InChI=1S/C18H18F3NO5S/c1-13-2-8-17(9-3-13)28(23,24)27-22-10-16(11-22)25-12-14-4-6-15(7-5-14)26-18(19,20)21/h2-9,16H,10-12H2,1H3. The Bertz CT molecular complexity index is 892. The average molecular weight is 417 g/mol. The third kappa shape index (κ3) is 5.68. The van der Waals surface area contributed by atoms with E-state index in [1.165, 1.54) is 41.5 Å². The third-order valence-corrected chi connectivity index (χ3v) is 5.23. The highest BCUT2D eigenvalue weighted by Crippen LogP contribution is 2.24. The minimum Gasteiger partial charge on any atom is -0.406 e. The molecule has 28 heavy (non-hydrogen) atoms. The molecule has 3 rings (SSSR count). The van der Waals surface area contributed by atoms with Crippen LogP contribution in [0.15, 0.2) is 53.4 Å². The van der Waals surface area contributed by atoms with Crippen molar-refractivity contribution in [3.8, 4) is 5.75 Å². The first-order chi connectivity index (χ1) is 13.1. The lowest BCUT2D eigenvalue weighted by molar-refractivity contribution is -0.274. The van der Waals surface area contributed by atoms with Crippen molar-refractivity contribution < 1.29 is 35.3 Å². The Hall–Kier alpha value is -2.14. The van der Waals surface area contributed by atoms with Crippen molar-refractivity contribution in [1.82, 2.24) is 5.06 Å². The number of ether oxygens (including phenoxy) is 2. The molecule has 0 amide bonds. The molecule has 10 heteroatoms. The van der Waals surface area contributed by atoms with Crippen molar-refractivity contribution in [1.29, 1.82) is 0 Å². The van der Waals surface area contributed by atoms with Gasteiger partial charge in [-0.05, 0) is 36.8 Å². The summed E-state index contributed by atoms with van der Waals surface area (Å²) in [6.45, 7) is 2.56. The van der Waals surface area contributed by atoms with E-state index in [0.29, 0.717) is 5.56 Å². The fourth-order valence-electron chi connectivity index (χ4n) is 2.46. The first kappa shape index (κ1) is 20.6. The number of benzene rings is 2. The first-order valence-corrected chi connectivity index (χ1v) is 9.74. The zero-order valence-electron chi connectivity index (χ0n) is 14.8. The quantitative estimate of drug-likeness (QED) is 0.688. The van der Waals surface area contributed by atoms with Crippen LogP contribution in [0.3, 0.4) is 0 Å². The topological polar surface area (TPSA) is 65.1 Å². The molecular weight excluding hydrogens is 399 g/mol. The molecule has 2 aromatic rings. The number of hydroxylamine groups is 2. The first-order valence-electron chi connectivity index (χ1n) is 8.33. The lowest BCUT2D eigenvalue weighted by Gasteiger charge is -2.36. The minimum atomic E-state index is -4.73. The molecule has 152 valence electrons. The van der Waals surface area contributed by atoms with Crippen LogP contribution in [-0.2, 0) is 25.7 Å². The molecule has 0 radical (unpaired) electrons. The fourth-order valence-corrected chi connectivity index (χ4v) is 3.41. The Morgan fingerprint density at radius 3 is 2.21 bits per heavy atom. The summed E-state index contributed by atoms with van der Waals surface area (Å²) < 4.78 is 75.1. The van der Waals surface area contributed by atoms with Gasteiger partial charge in [-0.1, -0.05) is 29.8 Å². The van der Waals surface area contributed by atoms with E-state index in [-0.39, 0.29) is 36.4 Å². The van der Waals surface area contributed by atoms with E-state index in [0.717, 1.165) is 5.56 Å². The smallest absolute Gasteiger partial charge is 0.406 e. The van der Waals surface area contributed by atoms with Gasteiger partial charge < -0.3 is 9.47 Å². The molecular formula is C18H18F3NO5S. The van der Waals surface area contributed by atoms with E-state index in [1.54, 1.807) is 12.1 Å². The van der Waals surface area contributed by atoms with Gasteiger partial charge in [0.1, 0.15) is 5.75 Å². The van der Waals surface area contributed by atoms with Crippen molar-refractivity contribution in [2.24, 2.45) is 0 Å². The third-order valence-electron chi connectivity index (χ3n) is 3.97. The van der Waals surface area contributed by atoms with E-state index < -0.39 is 16.5 Å². The predicted octanol–water partition coefficient (Wildman–Crippen LogP) is 3.41. The van der Waals surface area contributed by atoms with Crippen molar-refractivity contribution in [2.75, 3.05) is 13.1 Å². The number of hydrogen-bond acceptors (Lipinski definition) is 6. The van der Waals surface area contributed by atoms with Crippen molar-refractivity contribution in [2.45, 2.75) is 30.9 Å². The molecule has 1 saturated heterocycles. The molecule has 1 aliphatic rings. The van der Waals surface area contributed by atoms with Crippen LogP contribution in [0.4, 0.5) is 13.2 Å². The molecule has 0 bridgehead atoms. The molecule has 1 fully saturated rings. The second kappa shape index (κ2) is 8.08. The summed E-state index contributed by atoms with van der Waals surface area (Å²) in [4.78, 5) is 0.0728. The predicted molar refractivity (Wildman–Crippen MR) is 92.7 cm³/mol. The largest absolute Gasteiger partial charge is 0.573 e. The SMILES string of the molecule is Cc1ccc(S(=O)(=O)ON2CC(OCc3ccc(OC(F)(F)F)cc3)C2)cc1. The highest BCUT2D eigenvalue weighted by Gasteiger charge is 2.33. The molecule has 0 atom stereocenters. The number of hydrogen-bond donors (Lipinski definition) is 0. The van der Waals surface area contributed by atoms with E-state index in [2.05, 4.69) is 4.74 Å². The van der Waals surface area contributed by atoms with Crippen LogP contribution in [0.5, 0.6) is 5.75 Å². The molecule has 0 unspecified atom stereocenters. The van der Waals surface area contributed by atoms with Gasteiger partial charge in [0.15, 0.2) is 0 Å². The lowest BCUT2D eigenvalue weighted by Crippen LogP contribution is -2.52. The van der Waals surface area contributed by atoms with Gasteiger partial charge in [0.2, 0.25) is 0 Å². The van der Waals surface area contributed by atoms with Gasteiger partial charge in [-0.3, -0.25) is 0 Å². The zero-order chi connectivity index (χ0) is 20.4. The van der Waals surface area contributed by atoms with Gasteiger partial charge in [0.05, 0.1) is 30.7 Å². The molecule has 6 nitrogen and oxygen atoms in total. The highest BCUT2D eigenvalue weighted by molar-refractivity contribution is 7.86. The van der Waals surface area contributed by atoms with E-state index in [4.69, 9.17) is 9.02 Å². The molecule has 0 N–H and O–H groups in total. The molecule has 0 spiro atoms. The van der Waals surface area contributed by atoms with Crippen LogP contribution in [0.1, 0.15) is 11.1 Å². The summed E-state index contributed by atoms with van der Waals surface area (Å²) in [6, 6.07) is 11.7. The van der Waals surface area contributed by atoms with E-state index in [9.17, 15) is 21.6 Å². The molecule has 1 aliphatic heterocycles. The number of rotatable bonds is 7. The lowest BCUT2D eigenvalue weighted by atomic mass is 10.2. The molecule has 0 saturated carbocycles. The second-order valence-corrected chi connectivity index (χ2v) is 7.84. The normalized spacial score (nSPS) is 16.0. The van der Waals surface area contributed by atoms with Crippen LogP contribution in [0.2, 0.25) is 0 Å². The maximum Gasteiger partial charge on any atom is 0.573 e. The number of nitrogens with zero attached hydrogens (tertiary/aromatic N) is 1. The Balaban J connectivity index is 1.43. The van der Waals surface area contributed by atoms with Crippen LogP contribution >= 0.6 is 0 Å². The summed E-state index contributed by atoms with van der Waals surface area (Å²) in [5, 5.41) is 1.28. The van der Waals surface area contributed by atoms with Gasteiger partial charge in [-0.25, -0.2) is 0 Å². The molecule has 0 aliphatic carbocycles. The summed E-state index contributed by atoms with van der Waals surface area (Å²) in [5.41, 5.74) is 1.61. The highest BCUT2D eigenvalue weighted by atomic mass is 32.2. The molecule has 1 heterocycles. The zero-order valence-corrected chi connectivity index (χ0v) is 15.7. The van der Waals surface area contributed by atoms with Gasteiger partial charge >= 0.3 is 16.5 Å². The monoisotopic (exact) mass is 417 g/mol. The fraction of sp³-hybridized carbons (Fsp3) is 0.333. The minimum absolute atomic E-state index is 0.0728. The van der Waals surface area contributed by atoms with Crippen LogP contribution in [0.25, 0.3) is 0 Å². The van der Waals surface area contributed by atoms with Crippen LogP contribution in [0, 0.1) is 6.92 Å². The van der Waals surface area contributed by atoms with Crippen LogP contribution < -0.4 is 4.74 Å². The average Bonchev–Trinajstić information content (AvgIpc) is 2.57. The maximum absolute atomic E-state index is 12.2. The summed E-state index contributed by atoms with van der Waals surface area (Å²) >= 11 is 0. The Morgan fingerprint density at radius 1 is 1.04 bits per heavy atom. The number of aryl methyl sites for hydroxylation is 1. The summed E-state index contributed by atoms with van der Waals surface area (Å²) in [6.07, 6.45) is -4.97. The van der Waals surface area contributed by atoms with Crippen molar-refractivity contribution >= 4 is 10.1 Å². The molecule has 2 aromatic carbocycles. The van der Waals surface area contributed by atoms with Crippen molar-refractivity contribution in [3.63, 3.8) is 0 Å². The Morgan fingerprint density at radius 2 is 1.64 bits per heavy atom. The van der Waals surface area contributed by atoms with E-state index in [1.807, 2.05) is 6.92 Å². The van der Waals surface area contributed by atoms with Gasteiger partial charge in [0.25, 0.3) is 0 Å². The number of halogens is 3. The van der Waals surface area contributed by atoms with Gasteiger partial charge in [0, 0.05) is 0 Å². The van der Waals surface area contributed by atoms with Crippen molar-refractivity contribution in [3.05, 3.63) is 59.7 Å².